The summed E-state index contributed by atoms with van der Waals surface area (Å²) < 4.78 is 0. The van der Waals surface area contributed by atoms with Gasteiger partial charge in [-0.15, -0.1) is 0 Å². The Balaban J connectivity index is 1.71. The van der Waals surface area contributed by atoms with Gasteiger partial charge in [0.1, 0.15) is 5.57 Å². The average molecular weight is 500 g/mol. The van der Waals surface area contributed by atoms with Crippen molar-refractivity contribution in [2.45, 2.75) is 39.5 Å². The fourth-order valence-corrected chi connectivity index (χ4v) is 3.92. The van der Waals surface area contributed by atoms with Gasteiger partial charge < -0.3 is 4.90 Å². The Morgan fingerprint density at radius 3 is 1.54 bits per heavy atom. The number of amides is 4. The molecule has 4 amide bonds. The van der Waals surface area contributed by atoms with Crippen molar-refractivity contribution in [2.75, 3.05) is 32.1 Å². The fraction of sp³-hybridized carbons (Fsp3) is 0.323. The lowest BCUT2D eigenvalue weighted by Gasteiger charge is -2.33. The molecule has 1 fully saturated rings. The minimum Gasteiger partial charge on any atom is -0.378 e. The number of imide groups is 2. The number of anilines is 1. The number of urea groups is 1. The van der Waals surface area contributed by atoms with Gasteiger partial charge in [0.2, 0.25) is 0 Å². The van der Waals surface area contributed by atoms with Gasteiger partial charge in [-0.1, -0.05) is 87.4 Å². The summed E-state index contributed by atoms with van der Waals surface area (Å²) in [5, 5.41) is 0. The molecule has 1 aliphatic heterocycles. The van der Waals surface area contributed by atoms with Crippen LogP contribution >= 0.6 is 0 Å². The van der Waals surface area contributed by atoms with Crippen LogP contribution in [-0.4, -0.2) is 54.8 Å². The first-order chi connectivity index (χ1) is 17.8. The molecule has 0 aliphatic carbocycles. The van der Waals surface area contributed by atoms with Gasteiger partial charge in [-0.25, -0.2) is 4.79 Å². The van der Waals surface area contributed by atoms with E-state index in [4.69, 9.17) is 0 Å². The van der Waals surface area contributed by atoms with E-state index in [1.165, 1.54) is 15.9 Å². The molecule has 2 aromatic carbocycles. The van der Waals surface area contributed by atoms with Crippen LogP contribution in [0.3, 0.4) is 0 Å². The van der Waals surface area contributed by atoms with Crippen LogP contribution in [0.5, 0.6) is 0 Å². The lowest BCUT2D eigenvalue weighted by Crippen LogP contribution is -2.56. The minimum absolute atomic E-state index is 0.0305. The van der Waals surface area contributed by atoms with Crippen molar-refractivity contribution >= 4 is 41.8 Å². The third kappa shape index (κ3) is 7.29. The predicted octanol–water partition coefficient (Wildman–Crippen LogP) is 6.25. The van der Waals surface area contributed by atoms with Gasteiger partial charge in [0.15, 0.2) is 0 Å². The summed E-state index contributed by atoms with van der Waals surface area (Å²) in [6.07, 6.45) is 12.3. The maximum atomic E-state index is 12.9. The summed E-state index contributed by atoms with van der Waals surface area (Å²) in [6, 6.07) is 15.9. The van der Waals surface area contributed by atoms with Crippen molar-refractivity contribution < 1.29 is 14.4 Å². The highest BCUT2D eigenvalue weighted by molar-refractivity contribution is 6.28. The monoisotopic (exact) mass is 499 g/mol. The Bertz CT molecular complexity index is 1140. The van der Waals surface area contributed by atoms with E-state index < -0.39 is 17.8 Å². The number of nitrogens with zero attached hydrogens (tertiary/aromatic N) is 3. The number of barbiturate groups is 1. The molecule has 6 heteroatoms. The summed E-state index contributed by atoms with van der Waals surface area (Å²) in [5.74, 6) is -1.03. The molecule has 0 bridgehead atoms. The Morgan fingerprint density at radius 1 is 0.676 bits per heavy atom. The molecule has 6 nitrogen and oxygen atoms in total. The van der Waals surface area contributed by atoms with Crippen LogP contribution in [0.1, 0.15) is 56.2 Å². The van der Waals surface area contributed by atoms with Crippen LogP contribution in [0.15, 0.2) is 66.3 Å². The molecule has 0 N–H and O–H groups in total. The standard InChI is InChI=1S/C31H37N3O3/c1-5-7-22-33-29(35)28(30(36)34(31(33)37)23-8-6-2)11-9-10-24-12-14-25(15-13-24)16-17-26-18-20-27(21-19-26)32(3)4/h9-21H,5-8,22-23H2,1-4H3/b10-9+,17-16+. The van der Waals surface area contributed by atoms with Crippen molar-refractivity contribution in [1.29, 1.82) is 0 Å². The summed E-state index contributed by atoms with van der Waals surface area (Å²) in [4.78, 5) is 43.1. The van der Waals surface area contributed by atoms with E-state index in [0.29, 0.717) is 25.9 Å². The van der Waals surface area contributed by atoms with Crippen LogP contribution < -0.4 is 4.90 Å². The van der Waals surface area contributed by atoms with Crippen molar-refractivity contribution in [3.63, 3.8) is 0 Å². The molecule has 0 aromatic heterocycles. The van der Waals surface area contributed by atoms with Crippen molar-refractivity contribution in [3.8, 4) is 0 Å². The Labute approximate surface area is 220 Å². The van der Waals surface area contributed by atoms with Gasteiger partial charge in [0.05, 0.1) is 0 Å². The van der Waals surface area contributed by atoms with E-state index in [-0.39, 0.29) is 5.57 Å². The van der Waals surface area contributed by atoms with E-state index in [1.807, 2.05) is 58.3 Å². The summed E-state index contributed by atoms with van der Waals surface area (Å²) in [6.45, 7) is 4.64. The van der Waals surface area contributed by atoms with Crippen LogP contribution in [-0.2, 0) is 9.59 Å². The number of carbonyl (C=O) groups is 3. The number of benzene rings is 2. The number of unbranched alkanes of at least 4 members (excludes halogenated alkanes) is 2. The van der Waals surface area contributed by atoms with Gasteiger partial charge in [-0.05, 0) is 47.7 Å². The molecule has 194 valence electrons. The van der Waals surface area contributed by atoms with Crippen LogP contribution in [0.2, 0.25) is 0 Å². The second kappa shape index (κ2) is 13.4. The van der Waals surface area contributed by atoms with Gasteiger partial charge in [0, 0.05) is 32.9 Å². The number of hydrogen-bond donors (Lipinski definition) is 0. The predicted molar refractivity (Wildman–Crippen MR) is 152 cm³/mol. The highest BCUT2D eigenvalue weighted by Gasteiger charge is 2.40. The maximum absolute atomic E-state index is 12.9. The van der Waals surface area contributed by atoms with Crippen LogP contribution in [0, 0.1) is 0 Å². The molecule has 0 spiro atoms. The second-order valence-corrected chi connectivity index (χ2v) is 9.33. The highest BCUT2D eigenvalue weighted by atomic mass is 16.2. The maximum Gasteiger partial charge on any atom is 0.333 e. The third-order valence-corrected chi connectivity index (χ3v) is 6.25. The smallest absolute Gasteiger partial charge is 0.333 e. The van der Waals surface area contributed by atoms with E-state index in [2.05, 4.69) is 41.3 Å². The molecule has 2 aromatic rings. The largest absolute Gasteiger partial charge is 0.378 e. The molecule has 0 radical (unpaired) electrons. The van der Waals surface area contributed by atoms with Gasteiger partial charge in [-0.3, -0.25) is 19.4 Å². The van der Waals surface area contributed by atoms with Gasteiger partial charge in [0.25, 0.3) is 11.8 Å². The number of hydrogen-bond acceptors (Lipinski definition) is 4. The van der Waals surface area contributed by atoms with E-state index in [1.54, 1.807) is 6.08 Å². The van der Waals surface area contributed by atoms with Gasteiger partial charge >= 0.3 is 6.03 Å². The molecule has 1 heterocycles. The lowest BCUT2D eigenvalue weighted by molar-refractivity contribution is -0.136. The Hall–Kier alpha value is -3.93. The van der Waals surface area contributed by atoms with E-state index >= 15 is 0 Å². The first-order valence-corrected chi connectivity index (χ1v) is 13.0. The van der Waals surface area contributed by atoms with Crippen molar-refractivity contribution in [2.24, 2.45) is 0 Å². The minimum atomic E-state index is -0.514. The fourth-order valence-electron chi connectivity index (χ4n) is 3.92. The first kappa shape index (κ1) is 27.7. The molecule has 1 aliphatic rings. The van der Waals surface area contributed by atoms with Crippen molar-refractivity contribution in [3.05, 3.63) is 82.9 Å². The normalized spacial score (nSPS) is 14.4. The topological polar surface area (TPSA) is 60.9 Å². The lowest BCUT2D eigenvalue weighted by atomic mass is 10.1. The zero-order valence-corrected chi connectivity index (χ0v) is 22.3. The summed E-state index contributed by atoms with van der Waals surface area (Å²) in [7, 11) is 4.04. The zero-order valence-electron chi connectivity index (χ0n) is 22.3. The Kier molecular flexibility index (Phi) is 10.0. The molecular weight excluding hydrogens is 462 g/mol. The molecule has 0 unspecified atom stereocenters. The summed E-state index contributed by atoms with van der Waals surface area (Å²) in [5.41, 5.74) is 4.34. The number of rotatable bonds is 11. The average Bonchev–Trinajstić information content (AvgIpc) is 2.90. The van der Waals surface area contributed by atoms with Crippen molar-refractivity contribution in [1.82, 2.24) is 9.80 Å². The van der Waals surface area contributed by atoms with Crippen LogP contribution in [0.25, 0.3) is 18.2 Å². The number of carbonyl (C=O) groups excluding carboxylic acids is 3. The molecule has 0 saturated carbocycles. The third-order valence-electron chi connectivity index (χ3n) is 6.25. The zero-order chi connectivity index (χ0) is 26.8. The molecule has 37 heavy (non-hydrogen) atoms. The first-order valence-electron chi connectivity index (χ1n) is 13.0. The molecule has 1 saturated heterocycles. The number of allylic oxidation sites excluding steroid dienone is 2. The molecular formula is C31H37N3O3. The Morgan fingerprint density at radius 2 is 1.11 bits per heavy atom. The van der Waals surface area contributed by atoms with E-state index in [0.717, 1.165) is 35.2 Å². The van der Waals surface area contributed by atoms with Crippen LogP contribution in [0.4, 0.5) is 10.5 Å². The van der Waals surface area contributed by atoms with Gasteiger partial charge in [-0.2, -0.15) is 0 Å². The van der Waals surface area contributed by atoms with E-state index in [9.17, 15) is 14.4 Å². The second-order valence-electron chi connectivity index (χ2n) is 9.33. The summed E-state index contributed by atoms with van der Waals surface area (Å²) >= 11 is 0. The quantitative estimate of drug-likeness (QED) is 0.208. The molecule has 0 atom stereocenters. The SMILES string of the molecule is CCCCN1C(=O)C(=C/C=C/c2ccc(/C=C/c3ccc(N(C)C)cc3)cc2)C(=O)N(CCCC)C1=O. The molecule has 3 rings (SSSR count). The highest BCUT2D eigenvalue weighted by Crippen LogP contribution is 2.20.